The van der Waals surface area contributed by atoms with E-state index < -0.39 is 0 Å². The fraction of sp³-hybridized carbons (Fsp3) is 0.571. The van der Waals surface area contributed by atoms with E-state index in [1.54, 1.807) is 6.33 Å². The van der Waals surface area contributed by atoms with Crippen molar-refractivity contribution in [2.45, 2.75) is 51.7 Å². The van der Waals surface area contributed by atoms with E-state index in [0.717, 1.165) is 50.0 Å². The van der Waals surface area contributed by atoms with E-state index in [1.165, 1.54) is 11.4 Å². The van der Waals surface area contributed by atoms with Crippen LogP contribution < -0.4 is 0 Å². The average Bonchev–Trinajstić information content (AvgIpc) is 3.00. The lowest BCUT2D eigenvalue weighted by molar-refractivity contribution is 0.155. The smallest absolute Gasteiger partial charge is 0.137 e. The van der Waals surface area contributed by atoms with Gasteiger partial charge in [-0.2, -0.15) is 5.10 Å². The van der Waals surface area contributed by atoms with Crippen molar-refractivity contribution in [2.24, 2.45) is 0 Å². The molecule has 5 heteroatoms. The predicted molar refractivity (Wildman–Crippen MR) is 71.8 cm³/mol. The van der Waals surface area contributed by atoms with Gasteiger partial charge >= 0.3 is 0 Å². The van der Waals surface area contributed by atoms with E-state index in [-0.39, 0.29) is 6.10 Å². The summed E-state index contributed by atoms with van der Waals surface area (Å²) in [6, 6.07) is 2.15. The molecule has 0 spiro atoms. The van der Waals surface area contributed by atoms with Crippen molar-refractivity contribution in [3.05, 3.63) is 35.2 Å². The Kier molecular flexibility index (Phi) is 3.38. The molecule has 2 aromatic heterocycles. The topological polar surface area (TPSA) is 66.7 Å². The lowest BCUT2D eigenvalue weighted by Gasteiger charge is -2.20. The summed E-state index contributed by atoms with van der Waals surface area (Å²) in [5, 5.41) is 16.8. The fourth-order valence-corrected chi connectivity index (χ4v) is 3.01. The molecule has 5 nitrogen and oxygen atoms in total. The normalized spacial score (nSPS) is 18.5. The number of rotatable bonds is 4. The summed E-state index contributed by atoms with van der Waals surface area (Å²) in [6.07, 6.45) is 6.30. The molecule has 0 aliphatic heterocycles. The van der Waals surface area contributed by atoms with Crippen LogP contribution in [0.4, 0.5) is 0 Å². The van der Waals surface area contributed by atoms with Crippen LogP contribution in [0.25, 0.3) is 0 Å². The van der Waals surface area contributed by atoms with Crippen molar-refractivity contribution in [1.29, 1.82) is 0 Å². The molecule has 0 saturated heterocycles. The van der Waals surface area contributed by atoms with Crippen molar-refractivity contribution < 1.29 is 5.11 Å². The van der Waals surface area contributed by atoms with Gasteiger partial charge < -0.3 is 9.67 Å². The highest BCUT2D eigenvalue weighted by atomic mass is 16.3. The molecular weight excluding hydrogens is 240 g/mol. The minimum absolute atomic E-state index is 0.266. The molecule has 0 saturated carbocycles. The van der Waals surface area contributed by atoms with Crippen LogP contribution in [0, 0.1) is 6.92 Å². The van der Waals surface area contributed by atoms with Crippen LogP contribution >= 0.6 is 0 Å². The molecule has 1 aliphatic rings. The number of nitrogens with one attached hydrogen (secondary N) is 1. The molecule has 3 rings (SSSR count). The van der Waals surface area contributed by atoms with Crippen LogP contribution in [-0.4, -0.2) is 24.9 Å². The molecule has 0 amide bonds. The molecule has 0 aromatic carbocycles. The number of aryl methyl sites for hydroxylation is 2. The molecule has 1 unspecified atom stereocenters. The first-order chi connectivity index (χ1) is 9.25. The highest BCUT2D eigenvalue weighted by molar-refractivity contribution is 5.31. The third-order valence-corrected chi connectivity index (χ3v) is 3.96. The van der Waals surface area contributed by atoms with Gasteiger partial charge in [0.05, 0.1) is 6.10 Å². The Morgan fingerprint density at radius 3 is 3.21 bits per heavy atom. The van der Waals surface area contributed by atoms with E-state index >= 15 is 0 Å². The summed E-state index contributed by atoms with van der Waals surface area (Å²) in [7, 11) is 0. The molecule has 2 heterocycles. The van der Waals surface area contributed by atoms with Crippen molar-refractivity contribution in [1.82, 2.24) is 19.7 Å². The number of hydrogen-bond acceptors (Lipinski definition) is 3. The van der Waals surface area contributed by atoms with Gasteiger partial charge in [0.1, 0.15) is 12.2 Å². The number of hydrogen-bond donors (Lipinski definition) is 2. The number of nitrogens with zero attached hydrogens (tertiary/aromatic N) is 3. The molecule has 2 aromatic rings. The van der Waals surface area contributed by atoms with Gasteiger partial charge in [-0.1, -0.05) is 0 Å². The Hall–Kier alpha value is -1.62. The lowest BCUT2D eigenvalue weighted by atomic mass is 9.95. The van der Waals surface area contributed by atoms with Crippen LogP contribution in [0.2, 0.25) is 0 Å². The van der Waals surface area contributed by atoms with Gasteiger partial charge in [0.2, 0.25) is 0 Å². The second-order valence-electron chi connectivity index (χ2n) is 5.28. The zero-order valence-electron chi connectivity index (χ0n) is 11.3. The Labute approximate surface area is 112 Å². The van der Waals surface area contributed by atoms with Crippen molar-refractivity contribution in [3.63, 3.8) is 0 Å². The van der Waals surface area contributed by atoms with Gasteiger partial charge in [-0.25, -0.2) is 4.98 Å². The maximum atomic E-state index is 10.0. The largest absolute Gasteiger partial charge is 0.388 e. The standard InChI is InChI=1S/C14H20N4O/c1-10-8-11-12(4-2-5-13(11)19)18(10)7-3-6-14-15-9-16-17-14/h8-9,13,19H,2-7H2,1H3,(H,15,16,17). The van der Waals surface area contributed by atoms with E-state index in [2.05, 4.69) is 32.7 Å². The molecule has 2 N–H and O–H groups in total. The first-order valence-electron chi connectivity index (χ1n) is 6.97. The maximum absolute atomic E-state index is 10.0. The Morgan fingerprint density at radius 1 is 1.53 bits per heavy atom. The molecule has 0 fully saturated rings. The molecule has 1 atom stereocenters. The number of aliphatic hydroxyl groups is 1. The van der Waals surface area contributed by atoms with Gasteiger partial charge in [0.15, 0.2) is 0 Å². The number of aromatic nitrogens is 4. The maximum Gasteiger partial charge on any atom is 0.137 e. The summed E-state index contributed by atoms with van der Waals surface area (Å²) < 4.78 is 2.36. The second-order valence-corrected chi connectivity index (χ2v) is 5.28. The van der Waals surface area contributed by atoms with E-state index in [9.17, 15) is 5.11 Å². The van der Waals surface area contributed by atoms with E-state index in [0.29, 0.717) is 0 Å². The zero-order chi connectivity index (χ0) is 13.2. The first-order valence-corrected chi connectivity index (χ1v) is 6.97. The van der Waals surface area contributed by atoms with Gasteiger partial charge in [0.25, 0.3) is 0 Å². The van der Waals surface area contributed by atoms with Gasteiger partial charge in [-0.3, -0.25) is 5.10 Å². The fourth-order valence-electron chi connectivity index (χ4n) is 3.01. The summed E-state index contributed by atoms with van der Waals surface area (Å²) in [4.78, 5) is 4.14. The van der Waals surface area contributed by atoms with Crippen LogP contribution in [-0.2, 0) is 19.4 Å². The SMILES string of the molecule is Cc1cc2c(n1CCCc1ncn[nH]1)CCCC2O. The molecule has 102 valence electrons. The predicted octanol–water partition coefficient (Wildman–Crippen LogP) is 1.92. The number of aromatic amines is 1. The zero-order valence-corrected chi connectivity index (χ0v) is 11.3. The third-order valence-electron chi connectivity index (χ3n) is 3.96. The van der Waals surface area contributed by atoms with Crippen LogP contribution in [0.1, 0.15) is 48.1 Å². The highest BCUT2D eigenvalue weighted by Crippen LogP contribution is 2.32. The molecule has 0 bridgehead atoms. The van der Waals surface area contributed by atoms with E-state index in [4.69, 9.17) is 0 Å². The monoisotopic (exact) mass is 260 g/mol. The van der Waals surface area contributed by atoms with Crippen LogP contribution in [0.15, 0.2) is 12.4 Å². The summed E-state index contributed by atoms with van der Waals surface area (Å²) >= 11 is 0. The summed E-state index contributed by atoms with van der Waals surface area (Å²) in [5.41, 5.74) is 3.72. The quantitative estimate of drug-likeness (QED) is 0.882. The van der Waals surface area contributed by atoms with Crippen molar-refractivity contribution in [2.75, 3.05) is 0 Å². The van der Waals surface area contributed by atoms with Gasteiger partial charge in [-0.15, -0.1) is 0 Å². The Morgan fingerprint density at radius 2 is 2.42 bits per heavy atom. The number of fused-ring (bicyclic) bond motifs is 1. The summed E-state index contributed by atoms with van der Waals surface area (Å²) in [6.45, 7) is 3.11. The Balaban J connectivity index is 1.70. The van der Waals surface area contributed by atoms with Crippen LogP contribution in [0.3, 0.4) is 0 Å². The average molecular weight is 260 g/mol. The van der Waals surface area contributed by atoms with Gasteiger partial charge in [-0.05, 0) is 38.7 Å². The highest BCUT2D eigenvalue weighted by Gasteiger charge is 2.22. The molecule has 1 aliphatic carbocycles. The molecule has 19 heavy (non-hydrogen) atoms. The second kappa shape index (κ2) is 5.17. The van der Waals surface area contributed by atoms with Gasteiger partial charge in [0, 0.05) is 29.9 Å². The van der Waals surface area contributed by atoms with Crippen molar-refractivity contribution >= 4 is 0 Å². The molecular formula is C14H20N4O. The van der Waals surface area contributed by atoms with E-state index in [1.807, 2.05) is 0 Å². The Bertz CT molecular complexity index is 544. The van der Waals surface area contributed by atoms with Crippen molar-refractivity contribution in [3.8, 4) is 0 Å². The molecule has 0 radical (unpaired) electrons. The lowest BCUT2D eigenvalue weighted by Crippen LogP contribution is -2.13. The minimum Gasteiger partial charge on any atom is -0.388 e. The number of aliphatic hydroxyl groups excluding tert-OH is 1. The first kappa shape index (κ1) is 12.4. The van der Waals surface area contributed by atoms with Crippen LogP contribution in [0.5, 0.6) is 0 Å². The minimum atomic E-state index is -0.266. The third kappa shape index (κ3) is 2.42. The number of H-pyrrole nitrogens is 1. The summed E-state index contributed by atoms with van der Waals surface area (Å²) in [5.74, 6) is 0.943.